The van der Waals surface area contributed by atoms with E-state index in [2.05, 4.69) is 36.9 Å². The maximum Gasteiger partial charge on any atom is 0.0354 e. The Bertz CT molecular complexity index is 445. The van der Waals surface area contributed by atoms with Gasteiger partial charge in [-0.15, -0.1) is 0 Å². The fraction of sp³-hybridized carbons (Fsp3) is 0.647. The number of rotatable bonds is 2. The Balaban J connectivity index is 1.70. The maximum atomic E-state index is 5.89. The number of hydrogen-bond donors (Lipinski definition) is 1. The standard InChI is InChI=1S/C17H26N2/c1-12(2)13-7-9-19(10-8-13)17-6-3-14-11-15(18)4-5-16(14)17/h4-5,11-13,17H,3,6-10,18H2,1-2H3. The lowest BCUT2D eigenvalue weighted by Crippen LogP contribution is -2.37. The van der Waals surface area contributed by atoms with Crippen molar-refractivity contribution in [2.24, 2.45) is 11.8 Å². The van der Waals surface area contributed by atoms with Crippen LogP contribution in [0.4, 0.5) is 5.69 Å². The molecule has 0 saturated carbocycles. The van der Waals surface area contributed by atoms with Crippen LogP contribution in [0.1, 0.15) is 50.3 Å². The summed E-state index contributed by atoms with van der Waals surface area (Å²) in [5.41, 5.74) is 9.83. The quantitative estimate of drug-likeness (QED) is 0.821. The van der Waals surface area contributed by atoms with E-state index in [9.17, 15) is 0 Å². The largest absolute Gasteiger partial charge is 0.399 e. The molecule has 0 aromatic heterocycles. The Morgan fingerprint density at radius 2 is 1.89 bits per heavy atom. The molecule has 0 amide bonds. The van der Waals surface area contributed by atoms with E-state index in [1.54, 1.807) is 0 Å². The third-order valence-corrected chi connectivity index (χ3v) is 5.17. The van der Waals surface area contributed by atoms with Crippen LogP contribution in [0.5, 0.6) is 0 Å². The van der Waals surface area contributed by atoms with Gasteiger partial charge in [-0.3, -0.25) is 4.90 Å². The number of benzene rings is 1. The van der Waals surface area contributed by atoms with Crippen LogP contribution in [-0.2, 0) is 6.42 Å². The van der Waals surface area contributed by atoms with Gasteiger partial charge >= 0.3 is 0 Å². The van der Waals surface area contributed by atoms with E-state index < -0.39 is 0 Å². The van der Waals surface area contributed by atoms with Gasteiger partial charge in [0.1, 0.15) is 0 Å². The molecule has 2 heteroatoms. The minimum absolute atomic E-state index is 0.656. The van der Waals surface area contributed by atoms with Gasteiger partial charge in [-0.1, -0.05) is 19.9 Å². The predicted molar refractivity (Wildman–Crippen MR) is 81.1 cm³/mol. The predicted octanol–water partition coefficient (Wildman–Crippen LogP) is 3.62. The van der Waals surface area contributed by atoms with E-state index in [0.29, 0.717) is 6.04 Å². The molecule has 1 heterocycles. The van der Waals surface area contributed by atoms with Gasteiger partial charge in [0.25, 0.3) is 0 Å². The summed E-state index contributed by atoms with van der Waals surface area (Å²) < 4.78 is 0. The summed E-state index contributed by atoms with van der Waals surface area (Å²) in [7, 11) is 0. The van der Waals surface area contributed by atoms with Crippen LogP contribution in [0, 0.1) is 11.8 Å². The highest BCUT2D eigenvalue weighted by atomic mass is 15.2. The number of fused-ring (bicyclic) bond motifs is 1. The molecule has 2 N–H and O–H groups in total. The number of nitrogen functional groups attached to an aromatic ring is 1. The number of nitrogens with zero attached hydrogens (tertiary/aromatic N) is 1. The summed E-state index contributed by atoms with van der Waals surface area (Å²) in [6.45, 7) is 7.29. The summed E-state index contributed by atoms with van der Waals surface area (Å²) in [5, 5.41) is 0. The molecule has 2 aliphatic rings. The summed E-state index contributed by atoms with van der Waals surface area (Å²) in [6.07, 6.45) is 5.23. The number of hydrogen-bond acceptors (Lipinski definition) is 2. The Kier molecular flexibility index (Phi) is 3.53. The van der Waals surface area contributed by atoms with Crippen molar-refractivity contribution < 1.29 is 0 Å². The molecule has 1 aromatic carbocycles. The Morgan fingerprint density at radius 3 is 2.58 bits per heavy atom. The molecule has 0 spiro atoms. The zero-order valence-corrected chi connectivity index (χ0v) is 12.2. The lowest BCUT2D eigenvalue weighted by Gasteiger charge is -2.37. The topological polar surface area (TPSA) is 29.3 Å². The second-order valence-electron chi connectivity index (χ2n) is 6.63. The van der Waals surface area contributed by atoms with Gasteiger partial charge in [-0.25, -0.2) is 0 Å². The number of anilines is 1. The minimum Gasteiger partial charge on any atom is -0.399 e. The Morgan fingerprint density at radius 1 is 1.16 bits per heavy atom. The Labute approximate surface area is 117 Å². The normalized spacial score (nSPS) is 24.9. The van der Waals surface area contributed by atoms with Gasteiger partial charge in [0, 0.05) is 11.7 Å². The Hall–Kier alpha value is -1.02. The monoisotopic (exact) mass is 258 g/mol. The molecule has 3 rings (SSSR count). The fourth-order valence-corrected chi connectivity index (χ4v) is 3.89. The number of piperidine rings is 1. The highest BCUT2D eigenvalue weighted by molar-refractivity contribution is 5.47. The highest BCUT2D eigenvalue weighted by Gasteiger charge is 2.31. The first-order chi connectivity index (χ1) is 9.15. The molecule has 1 fully saturated rings. The third-order valence-electron chi connectivity index (χ3n) is 5.17. The van der Waals surface area contributed by atoms with Gasteiger partial charge in [-0.05, 0) is 73.9 Å². The van der Waals surface area contributed by atoms with E-state index in [-0.39, 0.29) is 0 Å². The number of nitrogens with two attached hydrogens (primary N) is 1. The average molecular weight is 258 g/mol. The SMILES string of the molecule is CC(C)C1CCN(C2CCc3cc(N)ccc32)CC1. The average Bonchev–Trinajstić information content (AvgIpc) is 2.81. The number of aryl methyl sites for hydroxylation is 1. The zero-order chi connectivity index (χ0) is 13.4. The van der Waals surface area contributed by atoms with E-state index in [1.165, 1.54) is 49.9 Å². The first-order valence-electron chi connectivity index (χ1n) is 7.77. The molecule has 1 atom stereocenters. The van der Waals surface area contributed by atoms with Crippen LogP contribution in [0.25, 0.3) is 0 Å². The van der Waals surface area contributed by atoms with Crippen molar-refractivity contribution in [2.75, 3.05) is 18.8 Å². The van der Waals surface area contributed by atoms with Crippen molar-refractivity contribution in [3.8, 4) is 0 Å². The molecule has 0 bridgehead atoms. The first-order valence-corrected chi connectivity index (χ1v) is 7.77. The fourth-order valence-electron chi connectivity index (χ4n) is 3.89. The highest BCUT2D eigenvalue weighted by Crippen LogP contribution is 2.39. The van der Waals surface area contributed by atoms with Crippen LogP contribution in [0.3, 0.4) is 0 Å². The van der Waals surface area contributed by atoms with Crippen LogP contribution in [0.15, 0.2) is 18.2 Å². The van der Waals surface area contributed by atoms with Crippen molar-refractivity contribution in [3.05, 3.63) is 29.3 Å². The van der Waals surface area contributed by atoms with Crippen molar-refractivity contribution in [3.63, 3.8) is 0 Å². The molecule has 1 aromatic rings. The van der Waals surface area contributed by atoms with Gasteiger partial charge in [0.15, 0.2) is 0 Å². The van der Waals surface area contributed by atoms with Crippen LogP contribution in [0.2, 0.25) is 0 Å². The van der Waals surface area contributed by atoms with E-state index in [0.717, 1.165) is 17.5 Å². The molecule has 1 aliphatic heterocycles. The summed E-state index contributed by atoms with van der Waals surface area (Å²) in [4.78, 5) is 2.71. The molecule has 1 unspecified atom stereocenters. The second-order valence-corrected chi connectivity index (χ2v) is 6.63. The van der Waals surface area contributed by atoms with Gasteiger partial charge in [-0.2, -0.15) is 0 Å². The van der Waals surface area contributed by atoms with Crippen LogP contribution < -0.4 is 5.73 Å². The van der Waals surface area contributed by atoms with E-state index in [4.69, 9.17) is 5.73 Å². The molecule has 104 valence electrons. The molecule has 2 nitrogen and oxygen atoms in total. The van der Waals surface area contributed by atoms with Gasteiger partial charge < -0.3 is 5.73 Å². The van der Waals surface area contributed by atoms with Crippen molar-refractivity contribution in [2.45, 2.75) is 45.6 Å². The van der Waals surface area contributed by atoms with E-state index in [1.807, 2.05) is 0 Å². The molecular weight excluding hydrogens is 232 g/mol. The van der Waals surface area contributed by atoms with Crippen LogP contribution >= 0.6 is 0 Å². The first kappa shape index (κ1) is 13.0. The van der Waals surface area contributed by atoms with Crippen molar-refractivity contribution >= 4 is 5.69 Å². The molecule has 19 heavy (non-hydrogen) atoms. The smallest absolute Gasteiger partial charge is 0.0354 e. The third kappa shape index (κ3) is 2.51. The lowest BCUT2D eigenvalue weighted by molar-refractivity contribution is 0.114. The van der Waals surface area contributed by atoms with Gasteiger partial charge in [0.2, 0.25) is 0 Å². The minimum atomic E-state index is 0.656. The summed E-state index contributed by atoms with van der Waals surface area (Å²) >= 11 is 0. The number of likely N-dealkylation sites (tertiary alicyclic amines) is 1. The molecule has 1 saturated heterocycles. The van der Waals surface area contributed by atoms with E-state index >= 15 is 0 Å². The van der Waals surface area contributed by atoms with Crippen molar-refractivity contribution in [1.82, 2.24) is 4.90 Å². The maximum absolute atomic E-state index is 5.89. The molecule has 0 radical (unpaired) electrons. The van der Waals surface area contributed by atoms with Crippen LogP contribution in [-0.4, -0.2) is 18.0 Å². The zero-order valence-electron chi connectivity index (χ0n) is 12.2. The lowest BCUT2D eigenvalue weighted by atomic mass is 9.86. The van der Waals surface area contributed by atoms with Gasteiger partial charge in [0.05, 0.1) is 0 Å². The van der Waals surface area contributed by atoms with Crippen molar-refractivity contribution in [1.29, 1.82) is 0 Å². The summed E-state index contributed by atoms with van der Waals surface area (Å²) in [6, 6.07) is 7.16. The molecular formula is C17H26N2. The summed E-state index contributed by atoms with van der Waals surface area (Å²) in [5.74, 6) is 1.78. The molecule has 1 aliphatic carbocycles. The second kappa shape index (κ2) is 5.16.